The van der Waals surface area contributed by atoms with Crippen LogP contribution in [0.15, 0.2) is 30.5 Å². The summed E-state index contributed by atoms with van der Waals surface area (Å²) in [5.74, 6) is 0.300. The van der Waals surface area contributed by atoms with Crippen LogP contribution in [0.25, 0.3) is 0 Å². The van der Waals surface area contributed by atoms with Crippen molar-refractivity contribution in [2.24, 2.45) is 0 Å². The van der Waals surface area contributed by atoms with Gasteiger partial charge in [0.1, 0.15) is 11.9 Å². The van der Waals surface area contributed by atoms with E-state index in [4.69, 9.17) is 17.3 Å². The predicted molar refractivity (Wildman–Crippen MR) is 94.0 cm³/mol. The summed E-state index contributed by atoms with van der Waals surface area (Å²) in [6, 6.07) is 10.1. The lowest BCUT2D eigenvalue weighted by atomic mass is 10.1. The van der Waals surface area contributed by atoms with Gasteiger partial charge in [-0.25, -0.2) is 4.98 Å². The average molecular weight is 328 g/mol. The van der Waals surface area contributed by atoms with Crippen LogP contribution in [-0.2, 0) is 0 Å². The van der Waals surface area contributed by atoms with E-state index in [0.29, 0.717) is 11.4 Å². The largest absolute Gasteiger partial charge is 0.383 e. The first-order chi connectivity index (χ1) is 11.1. The summed E-state index contributed by atoms with van der Waals surface area (Å²) < 4.78 is 0. The molecular formula is C17H18ClN5. The van der Waals surface area contributed by atoms with Crippen molar-refractivity contribution in [2.45, 2.75) is 6.92 Å². The molecule has 0 radical (unpaired) electrons. The molecule has 6 heteroatoms. The van der Waals surface area contributed by atoms with Gasteiger partial charge in [0.2, 0.25) is 0 Å². The first-order valence-electron chi connectivity index (χ1n) is 7.51. The van der Waals surface area contributed by atoms with Gasteiger partial charge in [0, 0.05) is 36.9 Å². The van der Waals surface area contributed by atoms with Crippen molar-refractivity contribution in [2.75, 3.05) is 41.7 Å². The van der Waals surface area contributed by atoms with Crippen molar-refractivity contribution in [3.63, 3.8) is 0 Å². The van der Waals surface area contributed by atoms with E-state index in [-0.39, 0.29) is 0 Å². The summed E-state index contributed by atoms with van der Waals surface area (Å²) >= 11 is 5.94. The number of rotatable bonds is 2. The maximum atomic E-state index is 9.23. The molecular weight excluding hydrogens is 310 g/mol. The fraction of sp³-hybridized carbons (Fsp3) is 0.294. The summed E-state index contributed by atoms with van der Waals surface area (Å²) in [4.78, 5) is 8.75. The van der Waals surface area contributed by atoms with Crippen LogP contribution in [0, 0.1) is 18.3 Å². The number of anilines is 3. The first kappa shape index (κ1) is 15.4. The molecule has 2 N–H and O–H groups in total. The van der Waals surface area contributed by atoms with Crippen molar-refractivity contribution in [1.82, 2.24) is 4.98 Å². The zero-order valence-corrected chi connectivity index (χ0v) is 13.7. The van der Waals surface area contributed by atoms with Gasteiger partial charge in [0.25, 0.3) is 0 Å². The Kier molecular flexibility index (Phi) is 4.26. The summed E-state index contributed by atoms with van der Waals surface area (Å²) in [6.07, 6.45) is 1.77. The Morgan fingerprint density at radius 3 is 2.35 bits per heavy atom. The number of hydrogen-bond acceptors (Lipinski definition) is 5. The first-order valence-corrected chi connectivity index (χ1v) is 7.88. The van der Waals surface area contributed by atoms with Crippen molar-refractivity contribution in [3.05, 3.63) is 46.6 Å². The number of nitrogen functional groups attached to an aromatic ring is 1. The van der Waals surface area contributed by atoms with E-state index in [0.717, 1.165) is 42.5 Å². The normalized spacial score (nSPS) is 14.7. The molecule has 0 unspecified atom stereocenters. The maximum Gasteiger partial charge on any atom is 0.141 e. The minimum absolute atomic E-state index is 0.300. The van der Waals surface area contributed by atoms with E-state index in [1.807, 2.05) is 31.2 Å². The van der Waals surface area contributed by atoms with Gasteiger partial charge in [-0.1, -0.05) is 11.6 Å². The van der Waals surface area contributed by atoms with Crippen LogP contribution < -0.4 is 15.5 Å². The molecule has 2 heterocycles. The van der Waals surface area contributed by atoms with E-state index >= 15 is 0 Å². The Bertz CT molecular complexity index is 743. The molecule has 1 aliphatic rings. The molecule has 1 saturated heterocycles. The van der Waals surface area contributed by atoms with Gasteiger partial charge in [-0.15, -0.1) is 0 Å². The number of pyridine rings is 1. The Morgan fingerprint density at radius 1 is 1.13 bits per heavy atom. The molecule has 1 aromatic carbocycles. The lowest BCUT2D eigenvalue weighted by Gasteiger charge is -2.38. The third-order valence-corrected chi connectivity index (χ3v) is 4.52. The van der Waals surface area contributed by atoms with Crippen LogP contribution in [-0.4, -0.2) is 31.2 Å². The molecule has 0 amide bonds. The topological polar surface area (TPSA) is 69.2 Å². The molecule has 3 rings (SSSR count). The fourth-order valence-electron chi connectivity index (χ4n) is 2.93. The van der Waals surface area contributed by atoms with Gasteiger partial charge in [0.15, 0.2) is 0 Å². The van der Waals surface area contributed by atoms with Crippen molar-refractivity contribution in [1.29, 1.82) is 5.26 Å². The maximum absolute atomic E-state index is 9.23. The number of halogens is 1. The minimum Gasteiger partial charge on any atom is -0.383 e. The molecule has 5 nitrogen and oxygen atoms in total. The van der Waals surface area contributed by atoms with Crippen LogP contribution in [0.5, 0.6) is 0 Å². The zero-order valence-electron chi connectivity index (χ0n) is 13.0. The van der Waals surface area contributed by atoms with E-state index in [9.17, 15) is 5.26 Å². The standard InChI is InChI=1S/C17H18ClN5/c1-12-15(10-19)17(20)21-11-16(12)23-8-6-22(7-9-23)14-4-2-13(18)3-5-14/h2-5,11H,6-9H2,1H3,(H2,20,21). The second-order valence-corrected chi connectivity index (χ2v) is 6.03. The minimum atomic E-state index is 0.300. The summed E-state index contributed by atoms with van der Waals surface area (Å²) in [5.41, 5.74) is 9.32. The molecule has 0 spiro atoms. The average Bonchev–Trinajstić information content (AvgIpc) is 2.56. The van der Waals surface area contributed by atoms with Gasteiger partial charge >= 0.3 is 0 Å². The van der Waals surface area contributed by atoms with Crippen LogP contribution in [0.3, 0.4) is 0 Å². The van der Waals surface area contributed by atoms with Gasteiger partial charge in [-0.3, -0.25) is 0 Å². The van der Waals surface area contributed by atoms with E-state index in [2.05, 4.69) is 20.9 Å². The van der Waals surface area contributed by atoms with Gasteiger partial charge in [0.05, 0.1) is 17.4 Å². The van der Waals surface area contributed by atoms with Gasteiger partial charge in [-0.05, 0) is 36.8 Å². The number of nitrogens with zero attached hydrogens (tertiary/aromatic N) is 4. The highest BCUT2D eigenvalue weighted by molar-refractivity contribution is 6.30. The molecule has 0 bridgehead atoms. The Labute approximate surface area is 140 Å². The fourth-order valence-corrected chi connectivity index (χ4v) is 3.06. The number of piperazine rings is 1. The van der Waals surface area contributed by atoms with Gasteiger partial charge in [-0.2, -0.15) is 5.26 Å². The summed E-state index contributed by atoms with van der Waals surface area (Å²) in [7, 11) is 0. The Morgan fingerprint density at radius 2 is 1.74 bits per heavy atom. The van der Waals surface area contributed by atoms with Gasteiger partial charge < -0.3 is 15.5 Å². The molecule has 2 aromatic rings. The van der Waals surface area contributed by atoms with Crippen molar-refractivity contribution < 1.29 is 0 Å². The lowest BCUT2D eigenvalue weighted by Crippen LogP contribution is -2.46. The van der Waals surface area contributed by atoms with E-state index in [1.165, 1.54) is 5.69 Å². The molecule has 118 valence electrons. The van der Waals surface area contributed by atoms with Crippen molar-refractivity contribution in [3.8, 4) is 6.07 Å². The highest BCUT2D eigenvalue weighted by atomic mass is 35.5. The number of nitrogens with two attached hydrogens (primary N) is 1. The monoisotopic (exact) mass is 327 g/mol. The SMILES string of the molecule is Cc1c(N2CCN(c3ccc(Cl)cc3)CC2)cnc(N)c1C#N. The number of aromatic nitrogens is 1. The molecule has 1 fully saturated rings. The molecule has 0 aliphatic carbocycles. The highest BCUT2D eigenvalue weighted by Crippen LogP contribution is 2.27. The second-order valence-electron chi connectivity index (χ2n) is 5.59. The summed E-state index contributed by atoms with van der Waals surface area (Å²) in [6.45, 7) is 5.50. The van der Waals surface area contributed by atoms with Crippen LogP contribution >= 0.6 is 11.6 Å². The highest BCUT2D eigenvalue weighted by Gasteiger charge is 2.20. The third-order valence-electron chi connectivity index (χ3n) is 4.27. The summed E-state index contributed by atoms with van der Waals surface area (Å²) in [5, 5.41) is 9.98. The number of benzene rings is 1. The number of nitriles is 1. The molecule has 23 heavy (non-hydrogen) atoms. The van der Waals surface area contributed by atoms with E-state index in [1.54, 1.807) is 6.20 Å². The zero-order chi connectivity index (χ0) is 16.4. The number of hydrogen-bond donors (Lipinski definition) is 1. The third kappa shape index (κ3) is 3.03. The predicted octanol–water partition coefficient (Wildman–Crippen LogP) is 2.82. The lowest BCUT2D eigenvalue weighted by molar-refractivity contribution is 0.651. The van der Waals surface area contributed by atoms with Crippen molar-refractivity contribution >= 4 is 28.8 Å². The van der Waals surface area contributed by atoms with Crippen LogP contribution in [0.4, 0.5) is 17.2 Å². The quantitative estimate of drug-likeness (QED) is 0.918. The molecule has 1 aliphatic heterocycles. The van der Waals surface area contributed by atoms with Crippen LogP contribution in [0.1, 0.15) is 11.1 Å². The smallest absolute Gasteiger partial charge is 0.141 e. The molecule has 0 saturated carbocycles. The van der Waals surface area contributed by atoms with E-state index < -0.39 is 0 Å². The molecule has 0 atom stereocenters. The van der Waals surface area contributed by atoms with Crippen LogP contribution in [0.2, 0.25) is 5.02 Å². The Balaban J connectivity index is 1.75. The Hall–Kier alpha value is -2.45. The second kappa shape index (κ2) is 6.35. The molecule has 1 aromatic heterocycles.